The minimum Gasteiger partial charge on any atom is -0.352 e. The van der Waals surface area contributed by atoms with E-state index in [9.17, 15) is 9.59 Å². The normalized spacial score (nSPS) is 24.9. The summed E-state index contributed by atoms with van der Waals surface area (Å²) in [5.74, 6) is 0.771. The zero-order valence-corrected chi connectivity index (χ0v) is 12.1. The third-order valence-electron chi connectivity index (χ3n) is 4.70. The van der Waals surface area contributed by atoms with E-state index in [-0.39, 0.29) is 11.8 Å². The highest BCUT2D eigenvalue weighted by molar-refractivity contribution is 5.80. The van der Waals surface area contributed by atoms with Gasteiger partial charge in [-0.25, -0.2) is 0 Å². The number of nitrogens with one attached hydrogen (secondary N) is 1. The highest BCUT2D eigenvalue weighted by Crippen LogP contribution is 2.26. The molecule has 112 valence electrons. The third kappa shape index (κ3) is 3.51. The number of carbonyl (C=O) groups is 2. The van der Waals surface area contributed by atoms with Crippen LogP contribution in [0.15, 0.2) is 0 Å². The van der Waals surface area contributed by atoms with Gasteiger partial charge in [0.05, 0.1) is 6.54 Å². The van der Waals surface area contributed by atoms with Crippen LogP contribution in [0.2, 0.25) is 0 Å². The zero-order valence-electron chi connectivity index (χ0n) is 12.1. The summed E-state index contributed by atoms with van der Waals surface area (Å²) in [5, 5.41) is 3.02. The van der Waals surface area contributed by atoms with E-state index in [0.29, 0.717) is 18.5 Å². The van der Waals surface area contributed by atoms with Crippen LogP contribution >= 0.6 is 0 Å². The van der Waals surface area contributed by atoms with Gasteiger partial charge in [0.2, 0.25) is 11.8 Å². The van der Waals surface area contributed by atoms with Crippen LogP contribution in [-0.2, 0) is 9.59 Å². The molecule has 0 unspecified atom stereocenters. The number of carbonyl (C=O) groups excluding carboxylic acids is 2. The molecular formula is C15H25N3O2. The number of hydrogen-bond donors (Lipinski definition) is 1. The summed E-state index contributed by atoms with van der Waals surface area (Å²) in [6, 6.07) is 0.438. The van der Waals surface area contributed by atoms with Crippen molar-refractivity contribution in [1.29, 1.82) is 0 Å². The van der Waals surface area contributed by atoms with Crippen molar-refractivity contribution in [2.75, 3.05) is 32.7 Å². The highest BCUT2D eigenvalue weighted by Gasteiger charge is 2.30. The van der Waals surface area contributed by atoms with Crippen molar-refractivity contribution in [3.05, 3.63) is 0 Å². The first-order valence-electron chi connectivity index (χ1n) is 8.03. The fourth-order valence-electron chi connectivity index (χ4n) is 3.26. The molecule has 0 bridgehead atoms. The molecule has 0 radical (unpaired) electrons. The summed E-state index contributed by atoms with van der Waals surface area (Å²) in [7, 11) is 0. The van der Waals surface area contributed by atoms with Crippen LogP contribution in [0.3, 0.4) is 0 Å². The lowest BCUT2D eigenvalue weighted by Gasteiger charge is -2.35. The summed E-state index contributed by atoms with van der Waals surface area (Å²) in [4.78, 5) is 28.2. The first kappa shape index (κ1) is 13.9. The summed E-state index contributed by atoms with van der Waals surface area (Å²) < 4.78 is 0. The number of rotatable bonds is 4. The minimum absolute atomic E-state index is 0.142. The summed E-state index contributed by atoms with van der Waals surface area (Å²) in [6.07, 6.45) is 6.83. The van der Waals surface area contributed by atoms with E-state index in [1.54, 1.807) is 0 Å². The Morgan fingerprint density at radius 2 is 1.60 bits per heavy atom. The molecular weight excluding hydrogens is 254 g/mol. The molecule has 0 aromatic heterocycles. The summed E-state index contributed by atoms with van der Waals surface area (Å²) in [6.45, 7) is 3.72. The van der Waals surface area contributed by atoms with Crippen molar-refractivity contribution in [3.63, 3.8) is 0 Å². The van der Waals surface area contributed by atoms with Crippen molar-refractivity contribution in [1.82, 2.24) is 15.1 Å². The van der Waals surface area contributed by atoms with Crippen molar-refractivity contribution < 1.29 is 9.59 Å². The van der Waals surface area contributed by atoms with Gasteiger partial charge in [-0.05, 0) is 25.7 Å². The monoisotopic (exact) mass is 279 g/mol. The molecule has 2 amide bonds. The smallest absolute Gasteiger partial charge is 0.234 e. The molecule has 20 heavy (non-hydrogen) atoms. The van der Waals surface area contributed by atoms with E-state index < -0.39 is 0 Å². The van der Waals surface area contributed by atoms with Gasteiger partial charge in [-0.1, -0.05) is 12.8 Å². The topological polar surface area (TPSA) is 52.7 Å². The molecule has 1 heterocycles. The van der Waals surface area contributed by atoms with Gasteiger partial charge in [0.25, 0.3) is 0 Å². The van der Waals surface area contributed by atoms with Gasteiger partial charge in [-0.15, -0.1) is 0 Å². The second-order valence-electron chi connectivity index (χ2n) is 6.42. The second kappa shape index (κ2) is 6.12. The second-order valence-corrected chi connectivity index (χ2v) is 6.42. The van der Waals surface area contributed by atoms with E-state index in [1.807, 2.05) is 4.90 Å². The van der Waals surface area contributed by atoms with E-state index in [0.717, 1.165) is 51.9 Å². The average molecular weight is 279 g/mol. The molecule has 5 heteroatoms. The molecule has 5 nitrogen and oxygen atoms in total. The van der Waals surface area contributed by atoms with E-state index in [1.165, 1.54) is 12.8 Å². The fraction of sp³-hybridized carbons (Fsp3) is 0.867. The maximum absolute atomic E-state index is 12.3. The molecule has 0 spiro atoms. The number of amides is 2. The molecule has 0 atom stereocenters. The van der Waals surface area contributed by atoms with Crippen LogP contribution in [0, 0.1) is 5.92 Å². The van der Waals surface area contributed by atoms with Crippen LogP contribution in [0.25, 0.3) is 0 Å². The molecule has 1 N–H and O–H groups in total. The summed E-state index contributed by atoms with van der Waals surface area (Å²) >= 11 is 0. The largest absolute Gasteiger partial charge is 0.352 e. The molecule has 0 aromatic rings. The molecule has 1 saturated heterocycles. The Morgan fingerprint density at radius 3 is 2.20 bits per heavy atom. The van der Waals surface area contributed by atoms with E-state index >= 15 is 0 Å². The van der Waals surface area contributed by atoms with Gasteiger partial charge in [0.1, 0.15) is 0 Å². The minimum atomic E-state index is 0.142. The standard InChI is InChI=1S/C15H25N3O2/c19-14(16-13-5-6-13)11-17-7-9-18(10-8-17)15(20)12-3-1-2-4-12/h12-13H,1-11H2,(H,16,19). The van der Waals surface area contributed by atoms with Crippen LogP contribution in [0.4, 0.5) is 0 Å². The van der Waals surface area contributed by atoms with Gasteiger partial charge < -0.3 is 10.2 Å². The number of hydrogen-bond acceptors (Lipinski definition) is 3. The molecule has 1 aliphatic heterocycles. The Balaban J connectivity index is 1.39. The predicted molar refractivity (Wildman–Crippen MR) is 76.1 cm³/mol. The maximum Gasteiger partial charge on any atom is 0.234 e. The Bertz CT molecular complexity index is 367. The van der Waals surface area contributed by atoms with Gasteiger partial charge in [-0.2, -0.15) is 0 Å². The zero-order chi connectivity index (χ0) is 13.9. The molecule has 2 saturated carbocycles. The van der Waals surface area contributed by atoms with Crippen LogP contribution in [0.5, 0.6) is 0 Å². The van der Waals surface area contributed by atoms with Crippen molar-refractivity contribution in [2.24, 2.45) is 5.92 Å². The fourth-order valence-corrected chi connectivity index (χ4v) is 3.26. The van der Waals surface area contributed by atoms with Crippen LogP contribution in [-0.4, -0.2) is 60.4 Å². The molecule has 3 fully saturated rings. The Morgan fingerprint density at radius 1 is 0.950 bits per heavy atom. The Hall–Kier alpha value is -1.10. The van der Waals surface area contributed by atoms with Crippen molar-refractivity contribution in [2.45, 2.75) is 44.6 Å². The lowest BCUT2D eigenvalue weighted by atomic mass is 10.1. The first-order valence-corrected chi connectivity index (χ1v) is 8.03. The lowest BCUT2D eigenvalue weighted by molar-refractivity contribution is -0.137. The quantitative estimate of drug-likeness (QED) is 0.820. The number of nitrogens with zero attached hydrogens (tertiary/aromatic N) is 2. The average Bonchev–Trinajstić information content (AvgIpc) is 3.08. The van der Waals surface area contributed by atoms with Gasteiger partial charge in [0, 0.05) is 38.1 Å². The summed E-state index contributed by atoms with van der Waals surface area (Å²) in [5.41, 5.74) is 0. The van der Waals surface area contributed by atoms with Crippen molar-refractivity contribution >= 4 is 11.8 Å². The Labute approximate surface area is 120 Å². The maximum atomic E-state index is 12.3. The highest BCUT2D eigenvalue weighted by atomic mass is 16.2. The molecule has 3 rings (SSSR count). The van der Waals surface area contributed by atoms with Crippen molar-refractivity contribution in [3.8, 4) is 0 Å². The molecule has 2 aliphatic carbocycles. The Kier molecular flexibility index (Phi) is 4.24. The van der Waals surface area contributed by atoms with Crippen LogP contribution in [0.1, 0.15) is 38.5 Å². The van der Waals surface area contributed by atoms with Gasteiger partial charge in [-0.3, -0.25) is 14.5 Å². The van der Waals surface area contributed by atoms with Crippen LogP contribution < -0.4 is 5.32 Å². The molecule has 3 aliphatic rings. The predicted octanol–water partition coefficient (Wildman–Crippen LogP) is 0.599. The van der Waals surface area contributed by atoms with E-state index in [2.05, 4.69) is 10.2 Å². The van der Waals surface area contributed by atoms with Gasteiger partial charge in [0.15, 0.2) is 0 Å². The SMILES string of the molecule is O=C(CN1CCN(C(=O)C2CCCC2)CC1)NC1CC1. The third-order valence-corrected chi connectivity index (χ3v) is 4.70. The lowest BCUT2D eigenvalue weighted by Crippen LogP contribution is -2.52. The van der Waals surface area contributed by atoms with E-state index in [4.69, 9.17) is 0 Å². The van der Waals surface area contributed by atoms with Gasteiger partial charge >= 0.3 is 0 Å². The first-order chi connectivity index (χ1) is 9.72. The molecule has 0 aromatic carbocycles. The number of piperazine rings is 1.